The molecule has 0 bridgehead atoms. The monoisotopic (exact) mass is 484 g/mol. The smallest absolute Gasteiger partial charge is 0.289 e. The van der Waals surface area contributed by atoms with E-state index in [4.69, 9.17) is 14.6 Å². The van der Waals surface area contributed by atoms with Crippen LogP contribution in [0.2, 0.25) is 0 Å². The second-order valence-electron chi connectivity index (χ2n) is 8.04. The zero-order valence-electron chi connectivity index (χ0n) is 18.3. The van der Waals surface area contributed by atoms with Gasteiger partial charge in [0.2, 0.25) is 0 Å². The van der Waals surface area contributed by atoms with E-state index in [0.29, 0.717) is 22.3 Å². The first-order chi connectivity index (χ1) is 16.8. The highest BCUT2D eigenvalue weighted by Gasteiger charge is 2.34. The molecule has 5 rings (SSSR count). The average Bonchev–Trinajstić information content (AvgIpc) is 3.28. The van der Waals surface area contributed by atoms with Gasteiger partial charge in [0.25, 0.3) is 6.02 Å². The Bertz CT molecular complexity index is 1420. The van der Waals surface area contributed by atoms with Crippen LogP contribution in [-0.4, -0.2) is 56.7 Å². The molecule has 0 amide bonds. The van der Waals surface area contributed by atoms with Gasteiger partial charge in [-0.05, 0) is 19.1 Å². The third kappa shape index (κ3) is 4.47. The van der Waals surface area contributed by atoms with Crippen LogP contribution in [0.4, 0.5) is 18.9 Å². The van der Waals surface area contributed by atoms with Gasteiger partial charge in [-0.3, -0.25) is 0 Å². The van der Waals surface area contributed by atoms with Crippen LogP contribution in [0.5, 0.6) is 11.5 Å². The van der Waals surface area contributed by atoms with E-state index in [-0.39, 0.29) is 24.0 Å². The first kappa shape index (κ1) is 22.6. The first-order valence-electron chi connectivity index (χ1n) is 10.5. The number of aryl methyl sites for hydroxylation is 1. The van der Waals surface area contributed by atoms with E-state index in [9.17, 15) is 13.2 Å². The molecule has 35 heavy (non-hydrogen) atoms. The summed E-state index contributed by atoms with van der Waals surface area (Å²) in [5.74, 6) is -2.40. The lowest BCUT2D eigenvalue weighted by Gasteiger charge is -2.26. The molecular formula is C23H19F3N6O3. The van der Waals surface area contributed by atoms with Crippen LogP contribution in [0.1, 0.15) is 5.69 Å². The second-order valence-corrected chi connectivity index (χ2v) is 8.04. The van der Waals surface area contributed by atoms with E-state index in [2.05, 4.69) is 30.5 Å². The van der Waals surface area contributed by atoms with Gasteiger partial charge in [0.15, 0.2) is 23.1 Å². The molecule has 1 aliphatic rings. The topological polar surface area (TPSA) is 118 Å². The fraction of sp³-hybridized carbons (Fsp3) is 0.217. The van der Waals surface area contributed by atoms with Gasteiger partial charge in [0.1, 0.15) is 18.0 Å². The van der Waals surface area contributed by atoms with Crippen molar-refractivity contribution in [2.24, 2.45) is 4.99 Å². The highest BCUT2D eigenvalue weighted by Crippen LogP contribution is 2.38. The summed E-state index contributed by atoms with van der Waals surface area (Å²) in [6, 6.07) is 5.20. The molecule has 0 aliphatic carbocycles. The molecule has 3 aromatic heterocycles. The van der Waals surface area contributed by atoms with Gasteiger partial charge in [-0.2, -0.15) is 10.2 Å². The lowest BCUT2D eigenvalue weighted by atomic mass is 10.1. The lowest BCUT2D eigenvalue weighted by molar-refractivity contribution is 0.0181. The van der Waals surface area contributed by atoms with Gasteiger partial charge in [-0.1, -0.05) is 0 Å². The van der Waals surface area contributed by atoms with Crippen LogP contribution in [0.15, 0.2) is 47.8 Å². The number of aromatic nitrogens is 4. The van der Waals surface area contributed by atoms with Crippen molar-refractivity contribution in [1.82, 2.24) is 20.2 Å². The molecule has 1 atom stereocenters. The van der Waals surface area contributed by atoms with Gasteiger partial charge in [-0.25, -0.2) is 23.1 Å². The molecule has 12 heteroatoms. The lowest BCUT2D eigenvalue weighted by Crippen LogP contribution is -2.43. The summed E-state index contributed by atoms with van der Waals surface area (Å²) in [5, 5.41) is 20.0. The number of benzene rings is 1. The number of fused-ring (bicyclic) bond motifs is 1. The Kier molecular flexibility index (Phi) is 5.73. The minimum absolute atomic E-state index is 0.0120. The van der Waals surface area contributed by atoms with E-state index in [1.807, 2.05) is 6.07 Å². The number of amidine groups is 1. The largest absolute Gasteiger partial charge is 0.461 e. The van der Waals surface area contributed by atoms with Crippen molar-refractivity contribution in [3.8, 4) is 22.6 Å². The van der Waals surface area contributed by atoms with Crippen LogP contribution in [0.25, 0.3) is 22.2 Å². The van der Waals surface area contributed by atoms with Crippen LogP contribution < -0.4 is 10.1 Å². The summed E-state index contributed by atoms with van der Waals surface area (Å²) in [4.78, 5) is 11.1. The summed E-state index contributed by atoms with van der Waals surface area (Å²) in [6.07, 6.45) is 4.72. The van der Waals surface area contributed by atoms with Gasteiger partial charge in [0, 0.05) is 41.3 Å². The van der Waals surface area contributed by atoms with Crippen molar-refractivity contribution < 1.29 is 27.8 Å². The number of hydrogen-bond donors (Lipinski definition) is 3. The number of hydrogen-bond acceptors (Lipinski definition) is 8. The number of nitrogens with zero attached hydrogens (tertiary/aromatic N) is 4. The zero-order chi connectivity index (χ0) is 24.6. The van der Waals surface area contributed by atoms with Crippen LogP contribution in [0.3, 0.4) is 0 Å². The average molecular weight is 484 g/mol. The Balaban J connectivity index is 1.44. The number of alkyl halides is 1. The number of aliphatic hydroxyl groups excluding tert-OH is 1. The SMILES string of the molecule is Cc1cc(-c2c[nH]c3nccc(Oc4c(F)cc(NC5=NC[C@@](F)(CO)CO5)cc4F)c23)cnn1. The standard InChI is InChI=1S/C23H19F3N6O3/c1-12-4-13(7-30-32-12)15-8-28-21-19(15)18(2-3-27-21)35-20-16(24)5-14(6-17(20)25)31-22-29-9-23(26,10-33)11-34-22/h2-8,33H,9-11H2,1H3,(H,27,28)(H,29,31)/t23-/m1/s1. The third-order valence-electron chi connectivity index (χ3n) is 5.34. The van der Waals surface area contributed by atoms with Crippen LogP contribution in [-0.2, 0) is 4.74 Å². The van der Waals surface area contributed by atoms with Crippen LogP contribution in [0, 0.1) is 18.6 Å². The van der Waals surface area contributed by atoms with Gasteiger partial charge in [0.05, 0.1) is 30.4 Å². The maximum atomic E-state index is 14.9. The number of aliphatic imine (C=N–C) groups is 1. The number of H-pyrrole nitrogens is 1. The Morgan fingerprint density at radius 2 is 2.06 bits per heavy atom. The van der Waals surface area contributed by atoms with Gasteiger partial charge >= 0.3 is 0 Å². The van der Waals surface area contributed by atoms with Crippen LogP contribution >= 0.6 is 0 Å². The van der Waals surface area contributed by atoms with Crippen molar-refractivity contribution in [3.63, 3.8) is 0 Å². The quantitative estimate of drug-likeness (QED) is 0.393. The minimum atomic E-state index is -1.99. The molecule has 0 saturated carbocycles. The molecule has 4 aromatic rings. The highest BCUT2D eigenvalue weighted by molar-refractivity contribution is 5.98. The molecule has 0 spiro atoms. The van der Waals surface area contributed by atoms with Crippen molar-refractivity contribution in [3.05, 3.63) is 60.2 Å². The number of aliphatic hydroxyl groups is 1. The summed E-state index contributed by atoms with van der Waals surface area (Å²) in [6.45, 7) is 0.264. The van der Waals surface area contributed by atoms with Gasteiger partial charge in [-0.15, -0.1) is 0 Å². The fourth-order valence-corrected chi connectivity index (χ4v) is 3.60. The molecular weight excluding hydrogens is 465 g/mol. The van der Waals surface area contributed by atoms with E-state index < -0.39 is 36.3 Å². The zero-order valence-corrected chi connectivity index (χ0v) is 18.3. The molecule has 9 nitrogen and oxygen atoms in total. The van der Waals surface area contributed by atoms with Crippen molar-refractivity contribution in [2.75, 3.05) is 25.1 Å². The number of halogens is 3. The maximum Gasteiger partial charge on any atom is 0.289 e. The maximum absolute atomic E-state index is 14.9. The molecule has 3 N–H and O–H groups in total. The number of pyridine rings is 1. The summed E-state index contributed by atoms with van der Waals surface area (Å²) >= 11 is 0. The summed E-state index contributed by atoms with van der Waals surface area (Å²) in [7, 11) is 0. The molecule has 1 aliphatic heterocycles. The molecule has 0 radical (unpaired) electrons. The number of aromatic amines is 1. The van der Waals surface area contributed by atoms with E-state index >= 15 is 0 Å². The number of rotatable bonds is 5. The second kappa shape index (κ2) is 8.87. The predicted octanol–water partition coefficient (Wildman–Crippen LogP) is 3.90. The first-order valence-corrected chi connectivity index (χ1v) is 10.5. The number of anilines is 1. The molecule has 0 unspecified atom stereocenters. The molecule has 180 valence electrons. The van der Waals surface area contributed by atoms with Crippen molar-refractivity contribution in [2.45, 2.75) is 12.6 Å². The summed E-state index contributed by atoms with van der Waals surface area (Å²) < 4.78 is 54.6. The van der Waals surface area contributed by atoms with E-state index in [1.165, 1.54) is 12.3 Å². The molecule has 4 heterocycles. The summed E-state index contributed by atoms with van der Waals surface area (Å²) in [5.41, 5.74) is 0.571. The van der Waals surface area contributed by atoms with E-state index in [1.54, 1.807) is 19.3 Å². The minimum Gasteiger partial charge on any atom is -0.461 e. The molecule has 0 fully saturated rings. The highest BCUT2D eigenvalue weighted by atomic mass is 19.1. The van der Waals surface area contributed by atoms with Gasteiger partial charge < -0.3 is 24.9 Å². The predicted molar refractivity (Wildman–Crippen MR) is 121 cm³/mol. The molecule has 0 saturated heterocycles. The fourth-order valence-electron chi connectivity index (χ4n) is 3.60. The number of ether oxygens (including phenoxy) is 2. The Morgan fingerprint density at radius 1 is 1.26 bits per heavy atom. The number of nitrogens with one attached hydrogen (secondary N) is 2. The normalized spacial score (nSPS) is 17.7. The Hall–Kier alpha value is -4.19. The third-order valence-corrected chi connectivity index (χ3v) is 5.34. The van der Waals surface area contributed by atoms with E-state index in [0.717, 1.165) is 17.7 Å². The molecule has 1 aromatic carbocycles. The van der Waals surface area contributed by atoms with Crippen molar-refractivity contribution in [1.29, 1.82) is 0 Å². The van der Waals surface area contributed by atoms with Crippen molar-refractivity contribution >= 4 is 22.7 Å². The Morgan fingerprint density at radius 3 is 2.74 bits per heavy atom. The Labute approximate surface area is 196 Å².